The maximum atomic E-state index is 12.8. The molecule has 4 rings (SSSR count). The molecule has 5 nitrogen and oxygen atoms in total. The molecule has 0 aliphatic heterocycles. The molecule has 148 valence electrons. The van der Waals surface area contributed by atoms with Gasteiger partial charge in [0.15, 0.2) is 5.78 Å². The van der Waals surface area contributed by atoms with Crippen LogP contribution in [0.3, 0.4) is 0 Å². The third-order valence-electron chi connectivity index (χ3n) is 4.81. The summed E-state index contributed by atoms with van der Waals surface area (Å²) in [5, 5.41) is 7.29. The predicted molar refractivity (Wildman–Crippen MR) is 116 cm³/mol. The molecule has 3 aromatic carbocycles. The van der Waals surface area contributed by atoms with Crippen molar-refractivity contribution in [2.24, 2.45) is 0 Å². The first-order valence-electron chi connectivity index (χ1n) is 9.78. The minimum atomic E-state index is -0.259. The quantitative estimate of drug-likeness (QED) is 0.480. The SMILES string of the molecule is O=C(NCCc1cnn(-c2ccccc2)c1)c1ccccc1C(=O)c1ccccc1. The van der Waals surface area contributed by atoms with Crippen molar-refractivity contribution >= 4 is 11.7 Å². The van der Waals surface area contributed by atoms with E-state index in [9.17, 15) is 9.59 Å². The third kappa shape index (κ3) is 4.36. The predicted octanol–water partition coefficient (Wildman–Crippen LogP) is 4.08. The topological polar surface area (TPSA) is 64.0 Å². The van der Waals surface area contributed by atoms with Crippen molar-refractivity contribution in [2.45, 2.75) is 6.42 Å². The minimum absolute atomic E-state index is 0.162. The number of amides is 1. The Morgan fingerprint density at radius 1 is 0.800 bits per heavy atom. The number of nitrogens with zero attached hydrogens (tertiary/aromatic N) is 2. The molecule has 5 heteroatoms. The Morgan fingerprint density at radius 3 is 2.17 bits per heavy atom. The number of hydrogen-bond acceptors (Lipinski definition) is 3. The summed E-state index contributed by atoms with van der Waals surface area (Å²) in [6.45, 7) is 0.452. The Balaban J connectivity index is 1.41. The maximum Gasteiger partial charge on any atom is 0.252 e. The molecule has 1 heterocycles. The molecule has 1 N–H and O–H groups in total. The number of aromatic nitrogens is 2. The second-order valence-corrected chi connectivity index (χ2v) is 6.88. The monoisotopic (exact) mass is 395 g/mol. The molecule has 0 aliphatic carbocycles. The van der Waals surface area contributed by atoms with Crippen LogP contribution in [-0.2, 0) is 6.42 Å². The van der Waals surface area contributed by atoms with Crippen molar-refractivity contribution in [1.82, 2.24) is 15.1 Å². The summed E-state index contributed by atoms with van der Waals surface area (Å²) in [6, 6.07) is 25.7. The van der Waals surface area contributed by atoms with Gasteiger partial charge in [0.1, 0.15) is 0 Å². The first-order chi connectivity index (χ1) is 14.7. The third-order valence-corrected chi connectivity index (χ3v) is 4.81. The standard InChI is InChI=1S/C25H21N3O2/c29-24(20-9-3-1-4-10-20)22-13-7-8-14-23(22)25(30)26-16-15-19-17-27-28(18-19)21-11-5-2-6-12-21/h1-14,17-18H,15-16H2,(H,26,30). The fourth-order valence-electron chi connectivity index (χ4n) is 3.25. The molecule has 0 spiro atoms. The zero-order valence-electron chi connectivity index (χ0n) is 16.4. The van der Waals surface area contributed by atoms with Crippen LogP contribution in [0.15, 0.2) is 97.3 Å². The van der Waals surface area contributed by atoms with Gasteiger partial charge in [0, 0.05) is 23.9 Å². The highest BCUT2D eigenvalue weighted by Gasteiger charge is 2.17. The molecular formula is C25H21N3O2. The van der Waals surface area contributed by atoms with Gasteiger partial charge >= 0.3 is 0 Å². The first-order valence-corrected chi connectivity index (χ1v) is 9.78. The Morgan fingerprint density at radius 2 is 1.43 bits per heavy atom. The molecular weight excluding hydrogens is 374 g/mol. The number of rotatable bonds is 7. The summed E-state index contributed by atoms with van der Waals surface area (Å²) in [6.07, 6.45) is 4.40. The molecule has 30 heavy (non-hydrogen) atoms. The van der Waals surface area contributed by atoms with Crippen LogP contribution in [-0.4, -0.2) is 28.0 Å². The van der Waals surface area contributed by atoms with Gasteiger partial charge in [0.25, 0.3) is 5.91 Å². The van der Waals surface area contributed by atoms with Crippen LogP contribution in [0.5, 0.6) is 0 Å². The highest BCUT2D eigenvalue weighted by atomic mass is 16.2. The van der Waals surface area contributed by atoms with E-state index < -0.39 is 0 Å². The van der Waals surface area contributed by atoms with Gasteiger partial charge in [-0.15, -0.1) is 0 Å². The van der Waals surface area contributed by atoms with E-state index in [1.165, 1.54) is 0 Å². The molecule has 4 aromatic rings. The molecule has 0 aliphatic rings. The van der Waals surface area contributed by atoms with Crippen LogP contribution >= 0.6 is 0 Å². The van der Waals surface area contributed by atoms with E-state index in [4.69, 9.17) is 0 Å². The summed E-state index contributed by atoms with van der Waals surface area (Å²) in [4.78, 5) is 25.5. The van der Waals surface area contributed by atoms with E-state index in [2.05, 4.69) is 10.4 Å². The number of benzene rings is 3. The van der Waals surface area contributed by atoms with Gasteiger partial charge < -0.3 is 5.32 Å². The summed E-state index contributed by atoms with van der Waals surface area (Å²) < 4.78 is 1.81. The molecule has 0 radical (unpaired) electrons. The van der Waals surface area contributed by atoms with E-state index in [1.54, 1.807) is 42.6 Å². The van der Waals surface area contributed by atoms with E-state index in [0.29, 0.717) is 29.7 Å². The molecule has 0 fully saturated rings. The second-order valence-electron chi connectivity index (χ2n) is 6.88. The van der Waals surface area contributed by atoms with Crippen LogP contribution in [0.2, 0.25) is 0 Å². The lowest BCUT2D eigenvalue weighted by Crippen LogP contribution is -2.27. The smallest absolute Gasteiger partial charge is 0.252 e. The van der Waals surface area contributed by atoms with Gasteiger partial charge in [-0.1, -0.05) is 66.7 Å². The largest absolute Gasteiger partial charge is 0.352 e. The lowest BCUT2D eigenvalue weighted by Gasteiger charge is -2.09. The average Bonchev–Trinajstić information content (AvgIpc) is 3.28. The zero-order chi connectivity index (χ0) is 20.8. The van der Waals surface area contributed by atoms with Crippen LogP contribution in [0.25, 0.3) is 5.69 Å². The summed E-state index contributed by atoms with van der Waals surface area (Å²) >= 11 is 0. The summed E-state index contributed by atoms with van der Waals surface area (Å²) in [5.41, 5.74) is 3.35. The van der Waals surface area contributed by atoms with Gasteiger partial charge in [-0.3, -0.25) is 9.59 Å². The van der Waals surface area contributed by atoms with Crippen LogP contribution in [0, 0.1) is 0 Å². The molecule has 0 unspecified atom stereocenters. The van der Waals surface area contributed by atoms with Gasteiger partial charge in [-0.25, -0.2) is 4.68 Å². The molecule has 0 atom stereocenters. The van der Waals surface area contributed by atoms with E-state index in [0.717, 1.165) is 11.3 Å². The van der Waals surface area contributed by atoms with Gasteiger partial charge in [0.2, 0.25) is 0 Å². The van der Waals surface area contributed by atoms with Gasteiger partial charge in [-0.05, 0) is 30.2 Å². The lowest BCUT2D eigenvalue weighted by molar-refractivity contribution is 0.0942. The fraction of sp³-hybridized carbons (Fsp3) is 0.0800. The Labute approximate surface area is 175 Å². The summed E-state index contributed by atoms with van der Waals surface area (Å²) in [5.74, 6) is -0.421. The molecule has 1 amide bonds. The highest BCUT2D eigenvalue weighted by molar-refractivity contribution is 6.15. The highest BCUT2D eigenvalue weighted by Crippen LogP contribution is 2.15. The number of carbonyl (C=O) groups is 2. The molecule has 0 saturated heterocycles. The number of hydrogen-bond donors (Lipinski definition) is 1. The first kappa shape index (κ1) is 19.3. The molecule has 0 bridgehead atoms. The molecule has 1 aromatic heterocycles. The summed E-state index contributed by atoms with van der Waals surface area (Å²) in [7, 11) is 0. The Hall–Kier alpha value is -3.99. The lowest BCUT2D eigenvalue weighted by atomic mass is 9.98. The number of para-hydroxylation sites is 1. The normalized spacial score (nSPS) is 10.5. The van der Waals surface area contributed by atoms with Crippen LogP contribution in [0.1, 0.15) is 31.8 Å². The van der Waals surface area contributed by atoms with Crippen molar-refractivity contribution in [3.05, 3.63) is 120 Å². The van der Waals surface area contributed by atoms with Crippen molar-refractivity contribution in [3.8, 4) is 5.69 Å². The zero-order valence-corrected chi connectivity index (χ0v) is 16.4. The van der Waals surface area contributed by atoms with Crippen LogP contribution < -0.4 is 5.32 Å². The average molecular weight is 395 g/mol. The number of ketones is 1. The van der Waals surface area contributed by atoms with Crippen LogP contribution in [0.4, 0.5) is 0 Å². The Kier molecular flexibility index (Phi) is 5.80. The second kappa shape index (κ2) is 9.01. The van der Waals surface area contributed by atoms with E-state index in [1.807, 2.05) is 59.4 Å². The van der Waals surface area contributed by atoms with Crippen molar-refractivity contribution in [2.75, 3.05) is 6.54 Å². The number of nitrogens with one attached hydrogen (secondary N) is 1. The number of carbonyl (C=O) groups excluding carboxylic acids is 2. The molecule has 0 saturated carbocycles. The Bertz CT molecular complexity index is 1150. The van der Waals surface area contributed by atoms with Crippen molar-refractivity contribution in [1.29, 1.82) is 0 Å². The van der Waals surface area contributed by atoms with Gasteiger partial charge in [0.05, 0.1) is 17.4 Å². The fourth-order valence-corrected chi connectivity index (χ4v) is 3.25. The van der Waals surface area contributed by atoms with E-state index in [-0.39, 0.29) is 11.7 Å². The van der Waals surface area contributed by atoms with Crippen molar-refractivity contribution in [3.63, 3.8) is 0 Å². The maximum absolute atomic E-state index is 12.8. The minimum Gasteiger partial charge on any atom is -0.352 e. The van der Waals surface area contributed by atoms with E-state index >= 15 is 0 Å². The van der Waals surface area contributed by atoms with Crippen molar-refractivity contribution < 1.29 is 9.59 Å². The van der Waals surface area contributed by atoms with Gasteiger partial charge in [-0.2, -0.15) is 5.10 Å².